The maximum Gasteiger partial charge on any atom is 0.225 e. The molecule has 1 fully saturated rings. The van der Waals surface area contributed by atoms with Crippen LogP contribution in [0.4, 0.5) is 11.4 Å². The first-order valence-corrected chi connectivity index (χ1v) is 10.5. The van der Waals surface area contributed by atoms with Crippen LogP contribution < -0.4 is 10.2 Å². The molecule has 0 aliphatic carbocycles. The van der Waals surface area contributed by atoms with Gasteiger partial charge in [-0.05, 0) is 56.2 Å². The second-order valence-corrected chi connectivity index (χ2v) is 8.78. The third-order valence-electron chi connectivity index (χ3n) is 4.60. The van der Waals surface area contributed by atoms with Crippen molar-refractivity contribution < 1.29 is 13.2 Å². The molecule has 138 valence electrons. The largest absolute Gasteiger partial charge is 0.372 e. The SMILES string of the molecule is Cc1ccc(S(=O)(=O)CCC(=O)Nc2ccc(N3CCCC3)cc2)cc1. The number of sulfone groups is 1. The Bertz CT molecular complexity index is 853. The number of benzene rings is 2. The minimum Gasteiger partial charge on any atom is -0.372 e. The number of amides is 1. The Hall–Kier alpha value is -2.34. The predicted molar refractivity (Wildman–Crippen MR) is 104 cm³/mol. The Morgan fingerprint density at radius 3 is 2.23 bits per heavy atom. The molecule has 0 bridgehead atoms. The molecule has 1 amide bonds. The monoisotopic (exact) mass is 372 g/mol. The first-order valence-electron chi connectivity index (χ1n) is 8.88. The number of anilines is 2. The van der Waals surface area contributed by atoms with Gasteiger partial charge in [0.2, 0.25) is 5.91 Å². The van der Waals surface area contributed by atoms with E-state index in [1.165, 1.54) is 12.8 Å². The fourth-order valence-corrected chi connectivity index (χ4v) is 4.29. The van der Waals surface area contributed by atoms with Gasteiger partial charge in [-0.15, -0.1) is 0 Å². The van der Waals surface area contributed by atoms with Gasteiger partial charge in [-0.2, -0.15) is 0 Å². The van der Waals surface area contributed by atoms with Gasteiger partial charge in [0.15, 0.2) is 9.84 Å². The van der Waals surface area contributed by atoms with Gasteiger partial charge < -0.3 is 10.2 Å². The van der Waals surface area contributed by atoms with Crippen molar-refractivity contribution in [1.29, 1.82) is 0 Å². The fraction of sp³-hybridized carbons (Fsp3) is 0.350. The van der Waals surface area contributed by atoms with Gasteiger partial charge in [0, 0.05) is 30.9 Å². The zero-order valence-corrected chi connectivity index (χ0v) is 15.8. The molecule has 1 N–H and O–H groups in total. The highest BCUT2D eigenvalue weighted by molar-refractivity contribution is 7.91. The lowest BCUT2D eigenvalue weighted by atomic mass is 10.2. The molecule has 0 saturated carbocycles. The Labute approximate surface area is 154 Å². The predicted octanol–water partition coefficient (Wildman–Crippen LogP) is 3.40. The van der Waals surface area contributed by atoms with Crippen molar-refractivity contribution >= 4 is 27.1 Å². The van der Waals surface area contributed by atoms with Gasteiger partial charge in [0.05, 0.1) is 10.6 Å². The van der Waals surface area contributed by atoms with E-state index in [9.17, 15) is 13.2 Å². The summed E-state index contributed by atoms with van der Waals surface area (Å²) in [5.41, 5.74) is 2.84. The van der Waals surface area contributed by atoms with E-state index in [0.717, 1.165) is 24.3 Å². The molecule has 3 rings (SSSR count). The highest BCUT2D eigenvalue weighted by Crippen LogP contribution is 2.22. The summed E-state index contributed by atoms with van der Waals surface area (Å²) in [7, 11) is -3.45. The van der Waals surface area contributed by atoms with Crippen molar-refractivity contribution in [2.45, 2.75) is 31.1 Å². The minimum atomic E-state index is -3.45. The molecule has 26 heavy (non-hydrogen) atoms. The van der Waals surface area contributed by atoms with Crippen LogP contribution in [0.3, 0.4) is 0 Å². The summed E-state index contributed by atoms with van der Waals surface area (Å²) in [5, 5.41) is 2.77. The Balaban J connectivity index is 1.54. The Morgan fingerprint density at radius 1 is 1.00 bits per heavy atom. The summed E-state index contributed by atoms with van der Waals surface area (Å²) < 4.78 is 24.6. The van der Waals surface area contributed by atoms with Crippen LogP contribution in [-0.4, -0.2) is 33.2 Å². The van der Waals surface area contributed by atoms with E-state index in [4.69, 9.17) is 0 Å². The van der Waals surface area contributed by atoms with E-state index in [-0.39, 0.29) is 23.0 Å². The van der Waals surface area contributed by atoms with E-state index in [1.807, 2.05) is 31.2 Å². The quantitative estimate of drug-likeness (QED) is 0.844. The van der Waals surface area contributed by atoms with Gasteiger partial charge >= 0.3 is 0 Å². The van der Waals surface area contributed by atoms with Crippen molar-refractivity contribution in [3.05, 3.63) is 54.1 Å². The second kappa shape index (κ2) is 7.91. The molecule has 2 aromatic rings. The first kappa shape index (κ1) is 18.5. The molecule has 1 heterocycles. The van der Waals surface area contributed by atoms with Crippen molar-refractivity contribution in [3.8, 4) is 0 Å². The van der Waals surface area contributed by atoms with Crippen molar-refractivity contribution in [1.82, 2.24) is 0 Å². The molecular formula is C20H24N2O3S. The number of carbonyl (C=O) groups excluding carboxylic acids is 1. The van der Waals surface area contributed by atoms with E-state index < -0.39 is 9.84 Å². The zero-order chi connectivity index (χ0) is 18.6. The average Bonchev–Trinajstić information content (AvgIpc) is 3.16. The summed E-state index contributed by atoms with van der Waals surface area (Å²) in [4.78, 5) is 14.7. The van der Waals surface area contributed by atoms with Crippen LogP contribution in [0.2, 0.25) is 0 Å². The minimum absolute atomic E-state index is 0.0654. The molecular weight excluding hydrogens is 348 g/mol. The van der Waals surface area contributed by atoms with Crippen molar-refractivity contribution in [3.63, 3.8) is 0 Å². The standard InChI is InChI=1S/C20H24N2O3S/c1-16-4-10-19(11-5-16)26(24,25)15-12-20(23)21-17-6-8-18(9-7-17)22-13-2-3-14-22/h4-11H,2-3,12-15H2,1H3,(H,21,23). The van der Waals surface area contributed by atoms with Crippen LogP contribution in [0.1, 0.15) is 24.8 Å². The number of rotatable bonds is 6. The number of aryl methyl sites for hydroxylation is 1. The molecule has 0 aromatic heterocycles. The molecule has 1 saturated heterocycles. The van der Waals surface area contributed by atoms with Crippen LogP contribution in [0.5, 0.6) is 0 Å². The number of nitrogens with one attached hydrogen (secondary N) is 1. The number of hydrogen-bond acceptors (Lipinski definition) is 4. The molecule has 5 nitrogen and oxygen atoms in total. The Morgan fingerprint density at radius 2 is 1.62 bits per heavy atom. The summed E-state index contributed by atoms with van der Waals surface area (Å²) in [6.07, 6.45) is 2.37. The summed E-state index contributed by atoms with van der Waals surface area (Å²) >= 11 is 0. The molecule has 1 aliphatic rings. The van der Waals surface area contributed by atoms with Crippen LogP contribution in [0.25, 0.3) is 0 Å². The highest BCUT2D eigenvalue weighted by Gasteiger charge is 2.17. The second-order valence-electron chi connectivity index (χ2n) is 6.67. The van der Waals surface area contributed by atoms with Gasteiger partial charge in [-0.3, -0.25) is 4.79 Å². The van der Waals surface area contributed by atoms with E-state index >= 15 is 0 Å². The molecule has 0 spiro atoms. The lowest BCUT2D eigenvalue weighted by Crippen LogP contribution is -2.18. The van der Waals surface area contributed by atoms with Gasteiger partial charge in [0.25, 0.3) is 0 Å². The lowest BCUT2D eigenvalue weighted by Gasteiger charge is -2.17. The molecule has 2 aromatic carbocycles. The van der Waals surface area contributed by atoms with Crippen molar-refractivity contribution in [2.75, 3.05) is 29.1 Å². The van der Waals surface area contributed by atoms with Crippen molar-refractivity contribution in [2.24, 2.45) is 0 Å². The van der Waals surface area contributed by atoms with E-state index in [1.54, 1.807) is 24.3 Å². The third kappa shape index (κ3) is 4.64. The van der Waals surface area contributed by atoms with Crippen LogP contribution >= 0.6 is 0 Å². The average molecular weight is 372 g/mol. The smallest absolute Gasteiger partial charge is 0.225 e. The van der Waals surface area contributed by atoms with Crippen LogP contribution in [-0.2, 0) is 14.6 Å². The molecule has 1 aliphatic heterocycles. The lowest BCUT2D eigenvalue weighted by molar-refractivity contribution is -0.115. The normalized spacial score (nSPS) is 14.4. The Kier molecular flexibility index (Phi) is 5.61. The van der Waals surface area contributed by atoms with Crippen LogP contribution in [0, 0.1) is 6.92 Å². The number of hydrogen-bond donors (Lipinski definition) is 1. The number of nitrogens with zero attached hydrogens (tertiary/aromatic N) is 1. The van der Waals surface area contributed by atoms with Gasteiger partial charge in [-0.1, -0.05) is 17.7 Å². The molecule has 0 unspecified atom stereocenters. The van der Waals surface area contributed by atoms with Gasteiger partial charge in [-0.25, -0.2) is 8.42 Å². The summed E-state index contributed by atoms with van der Waals surface area (Å²) in [6, 6.07) is 14.4. The first-order chi connectivity index (χ1) is 12.4. The van der Waals surface area contributed by atoms with E-state index in [0.29, 0.717) is 5.69 Å². The summed E-state index contributed by atoms with van der Waals surface area (Å²) in [5.74, 6) is -0.497. The van der Waals surface area contributed by atoms with Gasteiger partial charge in [0.1, 0.15) is 0 Å². The molecule has 0 radical (unpaired) electrons. The zero-order valence-electron chi connectivity index (χ0n) is 14.9. The maximum absolute atomic E-state index is 12.3. The topological polar surface area (TPSA) is 66.5 Å². The number of carbonyl (C=O) groups is 1. The highest BCUT2D eigenvalue weighted by atomic mass is 32.2. The van der Waals surface area contributed by atoms with Crippen LogP contribution in [0.15, 0.2) is 53.4 Å². The summed E-state index contributed by atoms with van der Waals surface area (Å²) in [6.45, 7) is 4.05. The third-order valence-corrected chi connectivity index (χ3v) is 6.33. The maximum atomic E-state index is 12.3. The fourth-order valence-electron chi connectivity index (χ4n) is 3.04. The van der Waals surface area contributed by atoms with E-state index in [2.05, 4.69) is 10.2 Å². The molecule has 6 heteroatoms. The molecule has 0 atom stereocenters.